The third-order valence-corrected chi connectivity index (χ3v) is 3.98. The van der Waals surface area contributed by atoms with Crippen LogP contribution in [0.25, 0.3) is 0 Å². The first-order valence-electron chi connectivity index (χ1n) is 7.34. The van der Waals surface area contributed by atoms with Crippen molar-refractivity contribution in [3.05, 3.63) is 23.5 Å². The molecule has 0 saturated carbocycles. The van der Waals surface area contributed by atoms with Gasteiger partial charge < -0.3 is 14.8 Å². The number of piperidine rings is 1. The molecule has 0 spiro atoms. The minimum atomic E-state index is -4.56. The smallest absolute Gasteiger partial charge is 0.352 e. The van der Waals surface area contributed by atoms with Crippen molar-refractivity contribution in [2.45, 2.75) is 38.0 Å². The van der Waals surface area contributed by atoms with Gasteiger partial charge in [-0.2, -0.15) is 18.4 Å². The molecule has 1 aromatic heterocycles. The maximum Gasteiger partial charge on any atom is 0.408 e. The van der Waals surface area contributed by atoms with E-state index in [1.54, 1.807) is 0 Å². The van der Waals surface area contributed by atoms with Gasteiger partial charge in [-0.05, 0) is 18.9 Å². The van der Waals surface area contributed by atoms with E-state index in [9.17, 15) is 22.8 Å². The van der Waals surface area contributed by atoms with Gasteiger partial charge in [-0.1, -0.05) is 0 Å². The summed E-state index contributed by atoms with van der Waals surface area (Å²) >= 11 is 0. The molecule has 2 rings (SSSR count). The summed E-state index contributed by atoms with van der Waals surface area (Å²) in [5, 5.41) is 11.4. The second-order valence-electron chi connectivity index (χ2n) is 5.83. The van der Waals surface area contributed by atoms with Gasteiger partial charge in [0.05, 0.1) is 5.56 Å². The largest absolute Gasteiger partial charge is 0.408 e. The maximum absolute atomic E-state index is 13.3. The quantitative estimate of drug-likeness (QED) is 0.886. The number of nitrogens with zero attached hydrogens (tertiary/aromatic N) is 3. The number of amides is 2. The fourth-order valence-corrected chi connectivity index (χ4v) is 2.93. The number of halogens is 3. The van der Waals surface area contributed by atoms with Crippen LogP contribution in [0.15, 0.2) is 12.3 Å². The van der Waals surface area contributed by atoms with Gasteiger partial charge in [0.15, 0.2) is 0 Å². The second kappa shape index (κ2) is 6.55. The molecule has 1 fully saturated rings. The molecule has 0 unspecified atom stereocenters. The minimum Gasteiger partial charge on any atom is -0.352 e. The van der Waals surface area contributed by atoms with Crippen LogP contribution in [0.4, 0.5) is 13.2 Å². The molecule has 9 heteroatoms. The molecule has 0 aliphatic carbocycles. The predicted molar refractivity (Wildman–Crippen MR) is 77.8 cm³/mol. The Kier molecular flexibility index (Phi) is 4.87. The summed E-state index contributed by atoms with van der Waals surface area (Å²) in [5.74, 6) is -1.17. The molecular weight excluding hydrogens is 325 g/mol. The molecule has 1 aliphatic rings. The third-order valence-electron chi connectivity index (χ3n) is 3.98. The Morgan fingerprint density at radius 1 is 1.38 bits per heavy atom. The Labute approximate surface area is 136 Å². The molecular formula is C15H17F3N4O2. The number of likely N-dealkylation sites (tertiary alicyclic amines) is 1. The molecule has 1 saturated heterocycles. The second-order valence-corrected chi connectivity index (χ2v) is 5.83. The molecule has 6 nitrogen and oxygen atoms in total. The highest BCUT2D eigenvalue weighted by atomic mass is 19.4. The monoisotopic (exact) mass is 342 g/mol. The van der Waals surface area contributed by atoms with E-state index in [1.807, 2.05) is 6.07 Å². The average Bonchev–Trinajstić information content (AvgIpc) is 2.85. The van der Waals surface area contributed by atoms with Crippen molar-refractivity contribution >= 4 is 11.8 Å². The summed E-state index contributed by atoms with van der Waals surface area (Å²) < 4.78 is 41.2. The van der Waals surface area contributed by atoms with Gasteiger partial charge >= 0.3 is 6.18 Å². The Balaban J connectivity index is 2.32. The van der Waals surface area contributed by atoms with Gasteiger partial charge in [0.1, 0.15) is 17.8 Å². The minimum absolute atomic E-state index is 0.00396. The lowest BCUT2D eigenvalue weighted by Gasteiger charge is -2.40. The van der Waals surface area contributed by atoms with E-state index in [1.165, 1.54) is 30.8 Å². The van der Waals surface area contributed by atoms with Crippen LogP contribution in [0, 0.1) is 11.3 Å². The summed E-state index contributed by atoms with van der Waals surface area (Å²) in [6.07, 6.45) is -3.31. The number of rotatable bonds is 2. The third kappa shape index (κ3) is 3.69. The van der Waals surface area contributed by atoms with Crippen molar-refractivity contribution in [2.24, 2.45) is 7.05 Å². The zero-order valence-corrected chi connectivity index (χ0v) is 13.2. The number of carbonyl (C=O) groups excluding carboxylic acids is 2. The molecule has 2 heterocycles. The highest BCUT2D eigenvalue weighted by Crippen LogP contribution is 2.33. The molecule has 0 radical (unpaired) electrons. The van der Waals surface area contributed by atoms with Gasteiger partial charge in [-0.3, -0.25) is 9.59 Å². The lowest BCUT2D eigenvalue weighted by Crippen LogP contribution is -2.58. The molecule has 24 heavy (non-hydrogen) atoms. The van der Waals surface area contributed by atoms with E-state index >= 15 is 0 Å². The van der Waals surface area contributed by atoms with Crippen LogP contribution < -0.4 is 5.32 Å². The SMILES string of the molecule is CC(=O)N[C@H]1CC[C@H](C(F)(F)F)N(C(=O)c2cc(C#N)cn2C)C1. The first-order chi connectivity index (χ1) is 11.1. The highest BCUT2D eigenvalue weighted by molar-refractivity contribution is 5.93. The van der Waals surface area contributed by atoms with Crippen LogP contribution >= 0.6 is 0 Å². The molecule has 0 aromatic carbocycles. The lowest BCUT2D eigenvalue weighted by molar-refractivity contribution is -0.184. The molecule has 0 bridgehead atoms. The molecule has 1 aromatic rings. The van der Waals surface area contributed by atoms with Gasteiger partial charge in [0.2, 0.25) is 5.91 Å². The van der Waals surface area contributed by atoms with Crippen molar-refractivity contribution in [1.29, 1.82) is 5.26 Å². The van der Waals surface area contributed by atoms with Gasteiger partial charge in [-0.15, -0.1) is 0 Å². The van der Waals surface area contributed by atoms with Crippen molar-refractivity contribution in [3.8, 4) is 6.07 Å². The molecule has 2 atom stereocenters. The summed E-state index contributed by atoms with van der Waals surface area (Å²) in [6.45, 7) is 1.05. The Morgan fingerprint density at radius 2 is 2.04 bits per heavy atom. The molecule has 1 aliphatic heterocycles. The summed E-state index contributed by atoms with van der Waals surface area (Å²) in [7, 11) is 1.49. The van der Waals surface area contributed by atoms with E-state index < -0.39 is 24.2 Å². The number of alkyl halides is 3. The lowest BCUT2D eigenvalue weighted by atomic mass is 9.97. The number of hydrogen-bond acceptors (Lipinski definition) is 3. The first kappa shape index (κ1) is 17.8. The number of nitriles is 1. The molecule has 2 amide bonds. The highest BCUT2D eigenvalue weighted by Gasteiger charge is 2.48. The van der Waals surface area contributed by atoms with Crippen molar-refractivity contribution in [3.63, 3.8) is 0 Å². The summed E-state index contributed by atoms with van der Waals surface area (Å²) in [4.78, 5) is 24.5. The Bertz CT molecular complexity index is 690. The number of hydrogen-bond donors (Lipinski definition) is 1. The number of carbonyl (C=O) groups is 2. The van der Waals surface area contributed by atoms with Gasteiger partial charge in [0, 0.05) is 32.8 Å². The van der Waals surface area contributed by atoms with E-state index in [2.05, 4.69) is 5.32 Å². The topological polar surface area (TPSA) is 78.1 Å². The summed E-state index contributed by atoms with van der Waals surface area (Å²) in [6, 6.07) is 0.679. The number of aromatic nitrogens is 1. The number of nitrogens with one attached hydrogen (secondary N) is 1. The maximum atomic E-state index is 13.3. The van der Waals surface area contributed by atoms with E-state index in [-0.39, 0.29) is 36.6 Å². The van der Waals surface area contributed by atoms with E-state index in [0.29, 0.717) is 0 Å². The molecule has 130 valence electrons. The normalized spacial score (nSPS) is 21.2. The van der Waals surface area contributed by atoms with Crippen LogP contribution in [-0.2, 0) is 11.8 Å². The van der Waals surface area contributed by atoms with Crippen LogP contribution in [0.1, 0.15) is 35.8 Å². The zero-order chi connectivity index (χ0) is 18.1. The van der Waals surface area contributed by atoms with Crippen LogP contribution in [0.2, 0.25) is 0 Å². The van der Waals surface area contributed by atoms with E-state index in [0.717, 1.165) is 4.90 Å². The predicted octanol–water partition coefficient (Wildman–Crippen LogP) is 1.57. The van der Waals surface area contributed by atoms with Crippen LogP contribution in [0.3, 0.4) is 0 Å². The molecule has 1 N–H and O–H groups in total. The summed E-state index contributed by atoms with van der Waals surface area (Å²) in [5.41, 5.74) is 0.198. The standard InChI is InChI=1S/C15H17F3N4O2/c1-9(23)20-11-3-4-13(15(16,17)18)22(8-11)14(24)12-5-10(6-19)7-21(12)2/h5,7,11,13H,3-4,8H2,1-2H3,(H,20,23)/t11-,13+/m0/s1. The van der Waals surface area contributed by atoms with Gasteiger partial charge in [0.25, 0.3) is 5.91 Å². The van der Waals surface area contributed by atoms with Crippen LogP contribution in [-0.4, -0.2) is 46.1 Å². The fraction of sp³-hybridized carbons (Fsp3) is 0.533. The first-order valence-corrected chi connectivity index (χ1v) is 7.34. The average molecular weight is 342 g/mol. The Hall–Kier alpha value is -2.50. The van der Waals surface area contributed by atoms with Crippen molar-refractivity contribution in [2.75, 3.05) is 6.54 Å². The number of aryl methyl sites for hydroxylation is 1. The van der Waals surface area contributed by atoms with Crippen molar-refractivity contribution < 1.29 is 22.8 Å². The Morgan fingerprint density at radius 3 is 2.54 bits per heavy atom. The fourth-order valence-electron chi connectivity index (χ4n) is 2.93. The zero-order valence-electron chi connectivity index (χ0n) is 13.2. The van der Waals surface area contributed by atoms with Crippen LogP contribution in [0.5, 0.6) is 0 Å². The van der Waals surface area contributed by atoms with Gasteiger partial charge in [-0.25, -0.2) is 0 Å². The van der Waals surface area contributed by atoms with Crippen molar-refractivity contribution in [1.82, 2.24) is 14.8 Å². The van der Waals surface area contributed by atoms with E-state index in [4.69, 9.17) is 5.26 Å².